The summed E-state index contributed by atoms with van der Waals surface area (Å²) >= 11 is 0. The Labute approximate surface area is 139 Å². The fraction of sp³-hybridized carbons (Fsp3) is 0.353. The number of aryl methyl sites for hydroxylation is 2. The Bertz CT molecular complexity index is 778. The molecule has 0 unspecified atom stereocenters. The van der Waals surface area contributed by atoms with E-state index in [0.717, 1.165) is 17.0 Å². The summed E-state index contributed by atoms with van der Waals surface area (Å²) in [5, 5.41) is 9.46. The monoisotopic (exact) mass is 329 g/mol. The van der Waals surface area contributed by atoms with Gasteiger partial charge in [0.25, 0.3) is 5.91 Å². The number of anilines is 2. The molecule has 1 aromatic heterocycles. The summed E-state index contributed by atoms with van der Waals surface area (Å²) in [6, 6.07) is 5.17. The first-order valence-corrected chi connectivity index (χ1v) is 7.77. The van der Waals surface area contributed by atoms with Crippen molar-refractivity contribution in [3.05, 3.63) is 35.2 Å². The van der Waals surface area contributed by atoms with Crippen molar-refractivity contribution in [1.29, 1.82) is 0 Å². The number of hydrogen-bond acceptors (Lipinski definition) is 5. The second-order valence-corrected chi connectivity index (χ2v) is 5.81. The quantitative estimate of drug-likeness (QED) is 0.899. The minimum Gasteiger partial charge on any atom is -0.479 e. The van der Waals surface area contributed by atoms with Crippen molar-refractivity contribution >= 4 is 23.2 Å². The molecule has 0 spiro atoms. The Morgan fingerprint density at radius 2 is 2.17 bits per heavy atom. The summed E-state index contributed by atoms with van der Waals surface area (Å²) in [7, 11) is 0. The molecule has 0 saturated carbocycles. The molecule has 0 fully saturated rings. The number of benzene rings is 1. The summed E-state index contributed by atoms with van der Waals surface area (Å²) in [6.07, 6.45) is 0.364. The minimum atomic E-state index is -0.520. The molecule has 0 bridgehead atoms. The van der Waals surface area contributed by atoms with Crippen LogP contribution in [-0.4, -0.2) is 23.1 Å². The lowest BCUT2D eigenvalue weighted by molar-refractivity contribution is -0.122. The lowest BCUT2D eigenvalue weighted by Crippen LogP contribution is -2.34. The number of carbonyl (C=O) groups is 2. The zero-order valence-corrected chi connectivity index (χ0v) is 13.8. The van der Waals surface area contributed by atoms with Crippen molar-refractivity contribution in [3.8, 4) is 5.75 Å². The van der Waals surface area contributed by atoms with E-state index >= 15 is 0 Å². The topological polar surface area (TPSA) is 93.5 Å². The number of fused-ring (bicyclic) bond motifs is 1. The molecule has 0 saturated heterocycles. The van der Waals surface area contributed by atoms with Crippen LogP contribution in [0, 0.1) is 13.8 Å². The van der Waals surface area contributed by atoms with Crippen LogP contribution in [0.1, 0.15) is 30.4 Å². The third-order valence-electron chi connectivity index (χ3n) is 3.98. The van der Waals surface area contributed by atoms with Gasteiger partial charge in [0.1, 0.15) is 11.5 Å². The molecule has 1 aliphatic rings. The van der Waals surface area contributed by atoms with Crippen LogP contribution in [0.3, 0.4) is 0 Å². The standard InChI is InChI=1S/C17H19N3O4/c1-9-13(10(2)24-20-9)5-7-16(21)18-12-4-6-15-14(8-12)19-17(22)11(3)23-15/h4,6,8,11H,5,7H2,1-3H3,(H,18,21)(H,19,22)/t11-/m1/s1. The maximum absolute atomic E-state index is 12.1. The van der Waals surface area contributed by atoms with Gasteiger partial charge < -0.3 is 19.9 Å². The molecule has 3 rings (SSSR count). The molecule has 2 heterocycles. The Morgan fingerprint density at radius 1 is 1.38 bits per heavy atom. The summed E-state index contributed by atoms with van der Waals surface area (Å²) in [4.78, 5) is 23.8. The highest BCUT2D eigenvalue weighted by Crippen LogP contribution is 2.32. The predicted molar refractivity (Wildman–Crippen MR) is 88.1 cm³/mol. The van der Waals surface area contributed by atoms with Gasteiger partial charge >= 0.3 is 0 Å². The Morgan fingerprint density at radius 3 is 2.88 bits per heavy atom. The minimum absolute atomic E-state index is 0.119. The number of aromatic nitrogens is 1. The van der Waals surface area contributed by atoms with Gasteiger partial charge in [0, 0.05) is 17.7 Å². The van der Waals surface area contributed by atoms with Gasteiger partial charge in [0.2, 0.25) is 5.91 Å². The van der Waals surface area contributed by atoms with Crippen LogP contribution in [-0.2, 0) is 16.0 Å². The number of hydrogen-bond donors (Lipinski definition) is 2. The molecule has 1 atom stereocenters. The average molecular weight is 329 g/mol. The zero-order chi connectivity index (χ0) is 17.3. The van der Waals surface area contributed by atoms with Crippen molar-refractivity contribution in [2.75, 3.05) is 10.6 Å². The summed E-state index contributed by atoms with van der Waals surface area (Å²) in [5.41, 5.74) is 2.94. The average Bonchev–Trinajstić information content (AvgIpc) is 2.85. The van der Waals surface area contributed by atoms with Gasteiger partial charge in [-0.3, -0.25) is 9.59 Å². The molecule has 0 radical (unpaired) electrons. The third kappa shape index (κ3) is 3.24. The molecule has 7 nitrogen and oxygen atoms in total. The van der Waals surface area contributed by atoms with Gasteiger partial charge in [-0.2, -0.15) is 0 Å². The van der Waals surface area contributed by atoms with Gasteiger partial charge in [-0.1, -0.05) is 5.16 Å². The van der Waals surface area contributed by atoms with Crippen LogP contribution in [0.5, 0.6) is 5.75 Å². The fourth-order valence-corrected chi connectivity index (χ4v) is 2.61. The third-order valence-corrected chi connectivity index (χ3v) is 3.98. The van der Waals surface area contributed by atoms with Crippen LogP contribution >= 0.6 is 0 Å². The van der Waals surface area contributed by atoms with Crippen molar-refractivity contribution < 1.29 is 18.8 Å². The summed E-state index contributed by atoms with van der Waals surface area (Å²) in [6.45, 7) is 5.37. The van der Waals surface area contributed by atoms with Crippen LogP contribution in [0.4, 0.5) is 11.4 Å². The van der Waals surface area contributed by atoms with E-state index in [1.54, 1.807) is 25.1 Å². The Kier molecular flexibility index (Phi) is 4.24. The van der Waals surface area contributed by atoms with Crippen LogP contribution < -0.4 is 15.4 Å². The van der Waals surface area contributed by atoms with Gasteiger partial charge in [0.15, 0.2) is 6.10 Å². The highest BCUT2D eigenvalue weighted by molar-refractivity contribution is 5.99. The van der Waals surface area contributed by atoms with E-state index in [0.29, 0.717) is 30.0 Å². The van der Waals surface area contributed by atoms with Crippen LogP contribution in [0.25, 0.3) is 0 Å². The lowest BCUT2D eigenvalue weighted by Gasteiger charge is -2.23. The molecule has 1 aliphatic heterocycles. The van der Waals surface area contributed by atoms with E-state index in [1.807, 2.05) is 13.8 Å². The molecule has 126 valence electrons. The lowest BCUT2D eigenvalue weighted by atomic mass is 10.1. The highest BCUT2D eigenvalue weighted by Gasteiger charge is 2.23. The molecule has 24 heavy (non-hydrogen) atoms. The van der Waals surface area contributed by atoms with Crippen molar-refractivity contribution in [3.63, 3.8) is 0 Å². The number of carbonyl (C=O) groups excluding carboxylic acids is 2. The number of amides is 2. The number of nitrogens with one attached hydrogen (secondary N) is 2. The second kappa shape index (κ2) is 6.35. The molecule has 2 aromatic rings. The van der Waals surface area contributed by atoms with E-state index in [1.165, 1.54) is 0 Å². The van der Waals surface area contributed by atoms with E-state index < -0.39 is 6.10 Å². The van der Waals surface area contributed by atoms with Gasteiger partial charge in [0.05, 0.1) is 11.4 Å². The second-order valence-electron chi connectivity index (χ2n) is 5.81. The molecule has 0 aliphatic carbocycles. The Balaban J connectivity index is 1.63. The SMILES string of the molecule is Cc1noc(C)c1CCC(=O)Nc1ccc2c(c1)NC(=O)[C@@H](C)O2. The maximum Gasteiger partial charge on any atom is 0.265 e. The smallest absolute Gasteiger partial charge is 0.265 e. The van der Waals surface area contributed by atoms with E-state index in [9.17, 15) is 9.59 Å². The zero-order valence-electron chi connectivity index (χ0n) is 13.8. The maximum atomic E-state index is 12.1. The first-order chi connectivity index (χ1) is 11.4. The predicted octanol–water partition coefficient (Wildman–Crippen LogP) is 2.58. The van der Waals surface area contributed by atoms with E-state index in [2.05, 4.69) is 15.8 Å². The fourth-order valence-electron chi connectivity index (χ4n) is 2.61. The van der Waals surface area contributed by atoms with Gasteiger partial charge in [-0.15, -0.1) is 0 Å². The molecule has 7 heteroatoms. The summed E-state index contributed by atoms with van der Waals surface area (Å²) in [5.74, 6) is 1.01. The van der Waals surface area contributed by atoms with Crippen LogP contribution in [0.15, 0.2) is 22.7 Å². The van der Waals surface area contributed by atoms with E-state index in [4.69, 9.17) is 9.26 Å². The highest BCUT2D eigenvalue weighted by atomic mass is 16.5. The Hall–Kier alpha value is -2.83. The number of nitrogens with zero attached hydrogens (tertiary/aromatic N) is 1. The van der Waals surface area contributed by atoms with Gasteiger partial charge in [-0.05, 0) is 45.4 Å². The molecule has 2 N–H and O–H groups in total. The summed E-state index contributed by atoms with van der Waals surface area (Å²) < 4.78 is 10.6. The molecule has 1 aromatic carbocycles. The van der Waals surface area contributed by atoms with Crippen molar-refractivity contribution in [2.45, 2.75) is 39.7 Å². The number of rotatable bonds is 4. The van der Waals surface area contributed by atoms with Gasteiger partial charge in [-0.25, -0.2) is 0 Å². The normalized spacial score (nSPS) is 16.1. The first kappa shape index (κ1) is 16.0. The van der Waals surface area contributed by atoms with Crippen LogP contribution in [0.2, 0.25) is 0 Å². The molecule has 2 amide bonds. The van der Waals surface area contributed by atoms with E-state index in [-0.39, 0.29) is 11.8 Å². The molecular weight excluding hydrogens is 310 g/mol. The number of ether oxygens (including phenoxy) is 1. The van der Waals surface area contributed by atoms with Crippen molar-refractivity contribution in [1.82, 2.24) is 5.16 Å². The molecular formula is C17H19N3O4. The van der Waals surface area contributed by atoms with Crippen molar-refractivity contribution in [2.24, 2.45) is 0 Å². The first-order valence-electron chi connectivity index (χ1n) is 7.77. The largest absolute Gasteiger partial charge is 0.479 e.